The lowest BCUT2D eigenvalue weighted by molar-refractivity contribution is -0.136. The highest BCUT2D eigenvalue weighted by Gasteiger charge is 2.31. The largest absolute Gasteiger partial charge is 0.508 e. The number of nitrogens with two attached hydrogens (primary N) is 1. The van der Waals surface area contributed by atoms with Gasteiger partial charge in [-0.15, -0.1) is 0 Å². The summed E-state index contributed by atoms with van der Waals surface area (Å²) in [6.45, 7) is 8.58. The van der Waals surface area contributed by atoms with Crippen molar-refractivity contribution in [1.29, 1.82) is 0 Å². The number of benzene rings is 1. The van der Waals surface area contributed by atoms with Crippen molar-refractivity contribution in [2.24, 2.45) is 11.7 Å². The van der Waals surface area contributed by atoms with E-state index in [0.29, 0.717) is 44.0 Å². The molecule has 10 heteroatoms. The quantitative estimate of drug-likeness (QED) is 0.391. The van der Waals surface area contributed by atoms with E-state index in [1.807, 2.05) is 19.9 Å². The number of aromatic nitrogens is 1. The van der Waals surface area contributed by atoms with Gasteiger partial charge in [-0.05, 0) is 63.1 Å². The van der Waals surface area contributed by atoms with Crippen LogP contribution in [0.3, 0.4) is 0 Å². The Morgan fingerprint density at radius 1 is 1.16 bits per heavy atom. The Morgan fingerprint density at radius 3 is 2.45 bits per heavy atom. The van der Waals surface area contributed by atoms with Crippen molar-refractivity contribution in [3.63, 3.8) is 0 Å². The van der Waals surface area contributed by atoms with Crippen LogP contribution in [0.5, 0.6) is 5.75 Å². The van der Waals surface area contributed by atoms with E-state index in [2.05, 4.69) is 15.8 Å². The van der Waals surface area contributed by atoms with E-state index in [1.165, 1.54) is 0 Å². The van der Waals surface area contributed by atoms with Crippen molar-refractivity contribution in [2.75, 3.05) is 19.6 Å². The van der Waals surface area contributed by atoms with Crippen LogP contribution in [0.25, 0.3) is 0 Å². The standard InChI is InChI=1S/C26H35N5O5.C2H6/c1-15-11-17(3-6-22(15)32)12-19(14-28-24(33)16(2)27)26(35)31-9-7-20(8-10-31)29-25(34)21-13-23(36-30-21)18-4-5-18;1-2/h3,6,11,13,16,18-20,32H,4-5,7-10,12,14,27H2,1-2H3,(H,28,33)(H,29,34);1-2H3. The SMILES string of the molecule is CC.Cc1cc(CC(CNC(=O)C(C)N)C(=O)N2CCC(NC(=O)c3cc(C4CC4)on3)CC2)ccc1O. The zero-order chi connectivity index (χ0) is 27.8. The molecule has 2 atom stereocenters. The molecule has 4 rings (SSSR count). The molecule has 5 N–H and O–H groups in total. The molecule has 208 valence electrons. The van der Waals surface area contributed by atoms with Gasteiger partial charge in [0.1, 0.15) is 11.5 Å². The molecule has 2 unspecified atom stereocenters. The van der Waals surface area contributed by atoms with Gasteiger partial charge in [0.15, 0.2) is 5.69 Å². The van der Waals surface area contributed by atoms with Gasteiger partial charge in [-0.25, -0.2) is 0 Å². The summed E-state index contributed by atoms with van der Waals surface area (Å²) >= 11 is 0. The first-order valence-corrected chi connectivity index (χ1v) is 13.6. The van der Waals surface area contributed by atoms with Gasteiger partial charge in [0.05, 0.1) is 12.0 Å². The summed E-state index contributed by atoms with van der Waals surface area (Å²) < 4.78 is 5.28. The number of nitrogens with zero attached hydrogens (tertiary/aromatic N) is 2. The Balaban J connectivity index is 0.00000195. The summed E-state index contributed by atoms with van der Waals surface area (Å²) in [5.74, 6) is 0.268. The minimum absolute atomic E-state index is 0.0546. The number of aryl methyl sites for hydroxylation is 1. The number of carbonyl (C=O) groups excluding carboxylic acids is 3. The summed E-state index contributed by atoms with van der Waals surface area (Å²) in [5, 5.41) is 19.5. The Labute approximate surface area is 224 Å². The summed E-state index contributed by atoms with van der Waals surface area (Å²) in [4.78, 5) is 39.9. The number of phenolic OH excluding ortho intramolecular Hbond substituents is 1. The predicted molar refractivity (Wildman–Crippen MR) is 144 cm³/mol. The molecule has 10 nitrogen and oxygen atoms in total. The molecule has 2 aliphatic rings. The fraction of sp³-hybridized carbons (Fsp3) is 0.571. The first-order chi connectivity index (χ1) is 18.2. The maximum atomic E-state index is 13.4. The highest BCUT2D eigenvalue weighted by molar-refractivity contribution is 5.92. The van der Waals surface area contributed by atoms with Crippen LogP contribution in [0.1, 0.15) is 79.7 Å². The molecule has 1 aliphatic heterocycles. The third-order valence-corrected chi connectivity index (χ3v) is 6.91. The van der Waals surface area contributed by atoms with E-state index >= 15 is 0 Å². The van der Waals surface area contributed by atoms with Gasteiger partial charge in [-0.2, -0.15) is 0 Å². The van der Waals surface area contributed by atoms with Crippen LogP contribution in [0.15, 0.2) is 28.8 Å². The Bertz CT molecular complexity index is 1100. The van der Waals surface area contributed by atoms with Crippen molar-refractivity contribution in [3.05, 3.63) is 46.8 Å². The number of nitrogens with one attached hydrogen (secondary N) is 2. The number of amides is 3. The fourth-order valence-corrected chi connectivity index (χ4v) is 4.48. The average molecular weight is 528 g/mol. The molecule has 1 aromatic heterocycles. The number of piperidine rings is 1. The lowest BCUT2D eigenvalue weighted by atomic mass is 9.94. The summed E-state index contributed by atoms with van der Waals surface area (Å²) in [7, 11) is 0. The highest BCUT2D eigenvalue weighted by atomic mass is 16.5. The molecule has 1 saturated carbocycles. The molecule has 0 bridgehead atoms. The molecule has 2 fully saturated rings. The monoisotopic (exact) mass is 527 g/mol. The Morgan fingerprint density at radius 2 is 1.84 bits per heavy atom. The summed E-state index contributed by atoms with van der Waals surface area (Å²) in [6.07, 6.45) is 3.82. The lowest BCUT2D eigenvalue weighted by Gasteiger charge is -2.34. The van der Waals surface area contributed by atoms with Crippen molar-refractivity contribution >= 4 is 17.7 Å². The van der Waals surface area contributed by atoms with E-state index in [0.717, 1.165) is 29.7 Å². The molecule has 2 heterocycles. The molecule has 1 aromatic carbocycles. The Hall–Kier alpha value is -3.40. The number of likely N-dealkylation sites (tertiary alicyclic amines) is 1. The van der Waals surface area contributed by atoms with Crippen LogP contribution in [0.2, 0.25) is 0 Å². The third kappa shape index (κ3) is 7.80. The molecular weight excluding hydrogens is 486 g/mol. The Kier molecular flexibility index (Phi) is 10.3. The van der Waals surface area contributed by atoms with Crippen LogP contribution in [0, 0.1) is 12.8 Å². The van der Waals surface area contributed by atoms with E-state index in [-0.39, 0.29) is 36.1 Å². The first kappa shape index (κ1) is 29.2. The van der Waals surface area contributed by atoms with E-state index in [9.17, 15) is 19.5 Å². The minimum atomic E-state index is -0.666. The first-order valence-electron chi connectivity index (χ1n) is 13.6. The number of carbonyl (C=O) groups is 3. The summed E-state index contributed by atoms with van der Waals surface area (Å²) in [6, 6.07) is 6.25. The van der Waals surface area contributed by atoms with Crippen LogP contribution in [0.4, 0.5) is 0 Å². The second kappa shape index (κ2) is 13.4. The molecular formula is C28H41N5O5. The van der Waals surface area contributed by atoms with E-state index in [4.69, 9.17) is 10.3 Å². The van der Waals surface area contributed by atoms with Crippen molar-refractivity contribution in [3.8, 4) is 5.75 Å². The second-order valence-electron chi connectivity index (χ2n) is 10.0. The van der Waals surface area contributed by atoms with E-state index < -0.39 is 12.0 Å². The van der Waals surface area contributed by atoms with E-state index in [1.54, 1.807) is 36.9 Å². The molecule has 3 amide bonds. The second-order valence-corrected chi connectivity index (χ2v) is 10.0. The van der Waals surface area contributed by atoms with Gasteiger partial charge >= 0.3 is 0 Å². The minimum Gasteiger partial charge on any atom is -0.508 e. The van der Waals surface area contributed by atoms with Crippen molar-refractivity contribution in [2.45, 2.75) is 77.8 Å². The van der Waals surface area contributed by atoms with Gasteiger partial charge in [-0.1, -0.05) is 31.1 Å². The zero-order valence-corrected chi connectivity index (χ0v) is 22.8. The molecule has 1 saturated heterocycles. The van der Waals surface area contributed by atoms with Crippen molar-refractivity contribution < 1.29 is 24.0 Å². The van der Waals surface area contributed by atoms with Crippen LogP contribution in [-0.2, 0) is 16.0 Å². The molecule has 1 aliphatic carbocycles. The smallest absolute Gasteiger partial charge is 0.273 e. The van der Waals surface area contributed by atoms with Gasteiger partial charge in [0, 0.05) is 37.7 Å². The zero-order valence-electron chi connectivity index (χ0n) is 22.8. The van der Waals surface area contributed by atoms with Gasteiger partial charge in [-0.3, -0.25) is 14.4 Å². The molecule has 2 aromatic rings. The van der Waals surface area contributed by atoms with Crippen molar-refractivity contribution in [1.82, 2.24) is 20.7 Å². The highest BCUT2D eigenvalue weighted by Crippen LogP contribution is 2.40. The van der Waals surface area contributed by atoms with Crippen LogP contribution < -0.4 is 16.4 Å². The molecule has 0 radical (unpaired) electrons. The van der Waals surface area contributed by atoms with Crippen LogP contribution in [-0.4, -0.2) is 64.6 Å². The summed E-state index contributed by atoms with van der Waals surface area (Å²) in [5.41, 5.74) is 7.59. The predicted octanol–water partition coefficient (Wildman–Crippen LogP) is 2.64. The van der Waals surface area contributed by atoms with Crippen LogP contribution >= 0.6 is 0 Å². The van der Waals surface area contributed by atoms with Gasteiger partial charge < -0.3 is 30.9 Å². The lowest BCUT2D eigenvalue weighted by Crippen LogP contribution is -2.50. The topological polar surface area (TPSA) is 151 Å². The molecule has 0 spiro atoms. The van der Waals surface area contributed by atoms with Gasteiger partial charge in [0.25, 0.3) is 5.91 Å². The average Bonchev–Trinajstić information content (AvgIpc) is 3.65. The number of hydrogen-bond donors (Lipinski definition) is 4. The maximum absolute atomic E-state index is 13.4. The number of aromatic hydroxyl groups is 1. The fourth-order valence-electron chi connectivity index (χ4n) is 4.48. The van der Waals surface area contributed by atoms with Gasteiger partial charge in [0.2, 0.25) is 11.8 Å². The third-order valence-electron chi connectivity index (χ3n) is 6.91. The normalized spacial score (nSPS) is 17.1. The number of hydrogen-bond acceptors (Lipinski definition) is 7. The number of rotatable bonds is 9. The molecule has 38 heavy (non-hydrogen) atoms. The maximum Gasteiger partial charge on any atom is 0.273 e. The number of phenols is 1.